The monoisotopic (exact) mass is 322 g/mol. The summed E-state index contributed by atoms with van der Waals surface area (Å²) in [6.07, 6.45) is 7.46. The highest BCUT2D eigenvalue weighted by Crippen LogP contribution is 2.19. The van der Waals surface area contributed by atoms with Gasteiger partial charge in [-0.15, -0.1) is 11.8 Å². The van der Waals surface area contributed by atoms with Crippen LogP contribution in [0.2, 0.25) is 0 Å². The number of benzene rings is 1. The highest BCUT2D eigenvalue weighted by Gasteiger charge is 2.16. The van der Waals surface area contributed by atoms with Crippen LogP contribution >= 0.6 is 11.8 Å². The summed E-state index contributed by atoms with van der Waals surface area (Å²) in [5.74, 6) is 0.169. The smallest absolute Gasteiger partial charge is 0.321 e. The second-order valence-electron chi connectivity index (χ2n) is 5.32. The van der Waals surface area contributed by atoms with Crippen molar-refractivity contribution >= 4 is 23.7 Å². The van der Waals surface area contributed by atoms with Crippen molar-refractivity contribution in [1.29, 1.82) is 0 Å². The van der Waals surface area contributed by atoms with Crippen molar-refractivity contribution in [2.24, 2.45) is 0 Å². The summed E-state index contributed by atoms with van der Waals surface area (Å²) in [5.41, 5.74) is 0. The number of thioether (sulfide) groups is 1. The van der Waals surface area contributed by atoms with Crippen LogP contribution in [0.5, 0.6) is 5.75 Å². The van der Waals surface area contributed by atoms with Gasteiger partial charge in [-0.25, -0.2) is 4.79 Å². The van der Waals surface area contributed by atoms with Crippen LogP contribution in [0, 0.1) is 0 Å². The molecule has 0 heterocycles. The number of carbonyl (C=O) groups excluding carboxylic acids is 2. The van der Waals surface area contributed by atoms with E-state index in [1.54, 1.807) is 23.9 Å². The van der Waals surface area contributed by atoms with E-state index in [1.165, 1.54) is 6.42 Å². The molecule has 0 aromatic heterocycles. The Morgan fingerprint density at radius 1 is 1.18 bits per heavy atom. The molecule has 0 spiro atoms. The third-order valence-electron chi connectivity index (χ3n) is 3.62. The van der Waals surface area contributed by atoms with Gasteiger partial charge >= 0.3 is 6.03 Å². The third kappa shape index (κ3) is 5.60. The molecule has 5 nitrogen and oxygen atoms in total. The SMILES string of the molecule is CSc1ccc(OCC(=O)NC(=O)NC2CCCCC2)cc1. The normalized spacial score (nSPS) is 15.1. The van der Waals surface area contributed by atoms with Gasteiger partial charge in [-0.1, -0.05) is 19.3 Å². The molecule has 1 aliphatic rings. The topological polar surface area (TPSA) is 67.4 Å². The Labute approximate surface area is 135 Å². The molecule has 0 aliphatic heterocycles. The third-order valence-corrected chi connectivity index (χ3v) is 4.37. The quantitative estimate of drug-likeness (QED) is 0.818. The van der Waals surface area contributed by atoms with Crippen LogP contribution in [0.3, 0.4) is 0 Å². The number of imide groups is 1. The molecule has 1 aliphatic carbocycles. The van der Waals surface area contributed by atoms with Crippen molar-refractivity contribution in [3.8, 4) is 5.75 Å². The maximum atomic E-state index is 11.7. The van der Waals surface area contributed by atoms with Crippen LogP contribution in [0.1, 0.15) is 32.1 Å². The summed E-state index contributed by atoms with van der Waals surface area (Å²) in [7, 11) is 0. The van der Waals surface area contributed by atoms with Gasteiger partial charge in [0.05, 0.1) is 0 Å². The van der Waals surface area contributed by atoms with E-state index in [0.717, 1.165) is 30.6 Å². The van der Waals surface area contributed by atoms with Crippen LogP contribution in [0.15, 0.2) is 29.2 Å². The number of hydrogen-bond donors (Lipinski definition) is 2. The minimum Gasteiger partial charge on any atom is -0.484 e. The summed E-state index contributed by atoms with van der Waals surface area (Å²) < 4.78 is 5.36. The Hall–Kier alpha value is -1.69. The van der Waals surface area contributed by atoms with Crippen LogP contribution in [-0.2, 0) is 4.79 Å². The van der Waals surface area contributed by atoms with Gasteiger partial charge < -0.3 is 10.1 Å². The Balaban J connectivity index is 1.68. The zero-order valence-electron chi connectivity index (χ0n) is 12.8. The van der Waals surface area contributed by atoms with Crippen molar-refractivity contribution in [2.75, 3.05) is 12.9 Å². The average molecular weight is 322 g/mol. The second-order valence-corrected chi connectivity index (χ2v) is 6.20. The predicted octanol–water partition coefficient (Wildman–Crippen LogP) is 2.95. The molecular weight excluding hydrogens is 300 g/mol. The number of rotatable bonds is 5. The van der Waals surface area contributed by atoms with E-state index in [1.807, 2.05) is 18.4 Å². The van der Waals surface area contributed by atoms with E-state index in [0.29, 0.717) is 5.75 Å². The number of carbonyl (C=O) groups is 2. The van der Waals surface area contributed by atoms with Crippen LogP contribution in [-0.4, -0.2) is 30.8 Å². The lowest BCUT2D eigenvalue weighted by molar-refractivity contribution is -0.122. The largest absolute Gasteiger partial charge is 0.484 e. The molecule has 1 aromatic rings. The molecule has 1 saturated carbocycles. The lowest BCUT2D eigenvalue weighted by Crippen LogP contribution is -2.46. The number of urea groups is 1. The van der Waals surface area contributed by atoms with Gasteiger partial charge in [0.15, 0.2) is 6.61 Å². The molecule has 0 bridgehead atoms. The lowest BCUT2D eigenvalue weighted by Gasteiger charge is -2.22. The first-order chi connectivity index (χ1) is 10.7. The van der Waals surface area contributed by atoms with E-state index >= 15 is 0 Å². The van der Waals surface area contributed by atoms with Crippen molar-refractivity contribution in [2.45, 2.75) is 43.0 Å². The van der Waals surface area contributed by atoms with Gasteiger partial charge in [-0.3, -0.25) is 10.1 Å². The van der Waals surface area contributed by atoms with Crippen LogP contribution in [0.4, 0.5) is 4.79 Å². The fourth-order valence-corrected chi connectivity index (χ4v) is 2.86. The molecule has 120 valence electrons. The Morgan fingerprint density at radius 3 is 2.50 bits per heavy atom. The number of amides is 3. The fourth-order valence-electron chi connectivity index (χ4n) is 2.45. The summed E-state index contributed by atoms with van der Waals surface area (Å²) >= 11 is 1.64. The summed E-state index contributed by atoms with van der Waals surface area (Å²) in [5, 5.41) is 5.14. The predicted molar refractivity (Wildman–Crippen MR) is 87.3 cm³/mol. The fraction of sp³-hybridized carbons (Fsp3) is 0.500. The maximum Gasteiger partial charge on any atom is 0.321 e. The van der Waals surface area contributed by atoms with Gasteiger partial charge in [0.25, 0.3) is 5.91 Å². The molecule has 0 radical (unpaired) electrons. The van der Waals surface area contributed by atoms with Gasteiger partial charge in [-0.2, -0.15) is 0 Å². The maximum absolute atomic E-state index is 11.7. The number of hydrogen-bond acceptors (Lipinski definition) is 4. The first-order valence-corrected chi connectivity index (χ1v) is 8.77. The molecule has 6 heteroatoms. The molecule has 3 amide bonds. The van der Waals surface area contributed by atoms with E-state index in [9.17, 15) is 9.59 Å². The second kappa shape index (κ2) is 8.68. The first-order valence-electron chi connectivity index (χ1n) is 7.54. The van der Waals surface area contributed by atoms with Crippen molar-refractivity contribution < 1.29 is 14.3 Å². The molecule has 2 rings (SSSR count). The van der Waals surface area contributed by atoms with Gasteiger partial charge in [0, 0.05) is 10.9 Å². The Morgan fingerprint density at radius 2 is 1.86 bits per heavy atom. The van der Waals surface area contributed by atoms with Gasteiger partial charge in [0.2, 0.25) is 0 Å². The summed E-state index contributed by atoms with van der Waals surface area (Å²) in [6.45, 7) is -0.170. The number of nitrogens with one attached hydrogen (secondary N) is 2. The van der Waals surface area contributed by atoms with E-state index in [-0.39, 0.29) is 12.6 Å². The van der Waals surface area contributed by atoms with E-state index in [4.69, 9.17) is 4.74 Å². The van der Waals surface area contributed by atoms with Gasteiger partial charge in [-0.05, 0) is 43.4 Å². The lowest BCUT2D eigenvalue weighted by atomic mass is 9.96. The van der Waals surface area contributed by atoms with E-state index in [2.05, 4.69) is 10.6 Å². The van der Waals surface area contributed by atoms with Crippen LogP contribution < -0.4 is 15.4 Å². The molecule has 2 N–H and O–H groups in total. The molecular formula is C16H22N2O3S. The standard InChI is InChI=1S/C16H22N2O3S/c1-22-14-9-7-13(8-10-14)21-11-15(19)18-16(20)17-12-5-3-2-4-6-12/h7-10,12H,2-6,11H2,1H3,(H2,17,18,19,20). The van der Waals surface area contributed by atoms with Crippen molar-refractivity contribution in [1.82, 2.24) is 10.6 Å². The molecule has 0 saturated heterocycles. The summed E-state index contributed by atoms with van der Waals surface area (Å²) in [4.78, 5) is 24.5. The van der Waals surface area contributed by atoms with E-state index < -0.39 is 11.9 Å². The molecule has 22 heavy (non-hydrogen) atoms. The van der Waals surface area contributed by atoms with Crippen LogP contribution in [0.25, 0.3) is 0 Å². The molecule has 1 fully saturated rings. The zero-order chi connectivity index (χ0) is 15.8. The Bertz CT molecular complexity index is 499. The summed E-state index contributed by atoms with van der Waals surface area (Å²) in [6, 6.07) is 7.21. The zero-order valence-corrected chi connectivity index (χ0v) is 13.6. The Kier molecular flexibility index (Phi) is 6.58. The number of ether oxygens (including phenoxy) is 1. The molecule has 0 unspecified atom stereocenters. The molecule has 0 atom stereocenters. The van der Waals surface area contributed by atoms with Gasteiger partial charge in [0.1, 0.15) is 5.75 Å². The first kappa shape index (κ1) is 16.7. The highest BCUT2D eigenvalue weighted by atomic mass is 32.2. The van der Waals surface area contributed by atoms with Crippen molar-refractivity contribution in [3.63, 3.8) is 0 Å². The van der Waals surface area contributed by atoms with Crippen molar-refractivity contribution in [3.05, 3.63) is 24.3 Å². The molecule has 1 aromatic carbocycles. The average Bonchev–Trinajstić information content (AvgIpc) is 2.54. The highest BCUT2D eigenvalue weighted by molar-refractivity contribution is 7.98. The minimum absolute atomic E-state index is 0.170. The minimum atomic E-state index is -0.442.